The Balaban J connectivity index is 1.07. The Morgan fingerprint density at radius 1 is 0.567 bits per heavy atom. The van der Waals surface area contributed by atoms with Crippen LogP contribution in [0.3, 0.4) is 0 Å². The Kier molecular flexibility index (Phi) is 15.0. The van der Waals surface area contributed by atoms with Crippen LogP contribution in [0.4, 0.5) is 0 Å². The van der Waals surface area contributed by atoms with Gasteiger partial charge in [0.15, 0.2) is 18.9 Å². The zero-order valence-corrected chi connectivity index (χ0v) is 37.7. The van der Waals surface area contributed by atoms with Crippen molar-refractivity contribution in [2.24, 2.45) is 28.1 Å². The average Bonchev–Trinajstić information content (AvgIpc) is 3.50. The highest BCUT2D eigenvalue weighted by Gasteiger charge is 2.68. The third kappa shape index (κ3) is 8.63. The molecule has 4 saturated heterocycles. The quantitative estimate of drug-likeness (QED) is 0.0494. The van der Waals surface area contributed by atoms with Gasteiger partial charge in [0.25, 0.3) is 0 Å². The minimum Gasteiger partial charge on any atom is -0.432 e. The highest BCUT2D eigenvalue weighted by atomic mass is 16.8. The Labute approximate surface area is 386 Å². The van der Waals surface area contributed by atoms with E-state index in [1.165, 1.54) is 0 Å². The SMILES string of the molecule is CC1=C[C@]23CC[C@H]4C(C)(C(=O)O[C@@H]5O[C@H](CO)[C@@H](O)[C@H](O)[C@H]5O)CCC[C@]4(C)[C@H]2CC[C@]1(O[C@@H]1O[C@H](CO)[C@@H](O)[C@H](O[C@@H]2O[C@H](CO)[C@@H](O)[C@H](O)[C@H]2O)[C@H]1O[C@@H]1O[C@H](CO)[C@@H](O)[C@H](O)[C@H]1O)C3. The van der Waals surface area contributed by atoms with E-state index in [1.807, 2.05) is 13.8 Å². The standard InChI is InChI=1S/C44H70O23/c1-17-11-43-9-5-22-41(2,7-4-8-42(22,3)40(59)66-38-33(58)30(55)26(51)20(14-47)62-38)23(43)6-10-44(17,16-43)67-39-35(65-37-32(57)29(54)25(50)19(13-46)61-37)34(27(52)21(15-48)63-39)64-36-31(56)28(53)24(49)18(12-45)60-36/h11,18-39,45-58H,4-10,12-16H2,1-3H3/t18-,19-,20-,21-,22-,23-,24-,25-,26-,27-,28+,29+,30+,31-,32-,33-,34+,35-,36+,37+,38+,39+,41+,42?,43+,44+/m1/s1. The van der Waals surface area contributed by atoms with Gasteiger partial charge >= 0.3 is 5.97 Å². The molecule has 7 fully saturated rings. The van der Waals surface area contributed by atoms with Crippen LogP contribution in [0.1, 0.15) is 72.1 Å². The van der Waals surface area contributed by atoms with E-state index in [9.17, 15) is 76.3 Å². The van der Waals surface area contributed by atoms with Crippen LogP contribution < -0.4 is 0 Å². The molecule has 1 spiro atoms. The number of carbonyl (C=O) groups is 1. The molecular weight excluding hydrogens is 896 g/mol. The van der Waals surface area contributed by atoms with Crippen molar-refractivity contribution in [3.05, 3.63) is 11.6 Å². The van der Waals surface area contributed by atoms with Crippen molar-refractivity contribution >= 4 is 5.97 Å². The lowest BCUT2D eigenvalue weighted by molar-refractivity contribution is -0.400. The number of hydrogen-bond acceptors (Lipinski definition) is 23. The topological polar surface area (TPSA) is 374 Å². The molecule has 2 bridgehead atoms. The molecule has 8 rings (SSSR count). The summed E-state index contributed by atoms with van der Waals surface area (Å²) in [6.07, 6.45) is -27.3. The molecule has 0 aromatic heterocycles. The Bertz CT molecular complexity index is 1770. The highest BCUT2D eigenvalue weighted by molar-refractivity contribution is 5.77. The van der Waals surface area contributed by atoms with E-state index >= 15 is 0 Å². The summed E-state index contributed by atoms with van der Waals surface area (Å²) in [4.78, 5) is 14.3. The number of esters is 1. The Morgan fingerprint density at radius 3 is 1.57 bits per heavy atom. The molecule has 4 heterocycles. The van der Waals surface area contributed by atoms with Crippen molar-refractivity contribution in [1.82, 2.24) is 0 Å². The maximum Gasteiger partial charge on any atom is 0.314 e. The molecule has 26 atom stereocenters. The van der Waals surface area contributed by atoms with E-state index in [1.54, 1.807) is 0 Å². The first-order valence-electron chi connectivity index (χ1n) is 23.4. The third-order valence-electron chi connectivity index (χ3n) is 17.0. The monoisotopic (exact) mass is 966 g/mol. The van der Waals surface area contributed by atoms with Crippen molar-refractivity contribution in [2.45, 2.75) is 201 Å². The lowest BCUT2D eigenvalue weighted by Crippen LogP contribution is -2.68. The second kappa shape index (κ2) is 19.4. The van der Waals surface area contributed by atoms with Gasteiger partial charge in [0.05, 0.1) is 37.4 Å². The second-order valence-electron chi connectivity index (χ2n) is 20.7. The van der Waals surface area contributed by atoms with Crippen molar-refractivity contribution in [3.8, 4) is 0 Å². The number of rotatable bonds is 12. The van der Waals surface area contributed by atoms with Crippen molar-refractivity contribution in [2.75, 3.05) is 26.4 Å². The van der Waals surface area contributed by atoms with E-state index < -0.39 is 177 Å². The second-order valence-corrected chi connectivity index (χ2v) is 20.7. The van der Waals surface area contributed by atoms with Gasteiger partial charge in [0, 0.05) is 0 Å². The van der Waals surface area contributed by atoms with Gasteiger partial charge in [0.2, 0.25) is 6.29 Å². The summed E-state index contributed by atoms with van der Waals surface area (Å²) in [5.41, 5.74) is -2.21. The van der Waals surface area contributed by atoms with Gasteiger partial charge in [-0.25, -0.2) is 0 Å². The van der Waals surface area contributed by atoms with Crippen LogP contribution in [0.2, 0.25) is 0 Å². The lowest BCUT2D eigenvalue weighted by atomic mass is 9.40. The molecule has 4 aliphatic heterocycles. The molecule has 0 radical (unpaired) electrons. The van der Waals surface area contributed by atoms with Gasteiger partial charge in [-0.2, -0.15) is 0 Å². The molecule has 0 aromatic rings. The zero-order chi connectivity index (χ0) is 48.7. The summed E-state index contributed by atoms with van der Waals surface area (Å²) in [5, 5.41) is 148. The number of ether oxygens (including phenoxy) is 8. The minimum atomic E-state index is -1.95. The normalized spacial score (nSPS) is 54.4. The molecule has 14 N–H and O–H groups in total. The third-order valence-corrected chi connectivity index (χ3v) is 17.0. The van der Waals surface area contributed by atoms with Crippen LogP contribution in [0.15, 0.2) is 11.6 Å². The number of hydrogen-bond donors (Lipinski definition) is 14. The number of aliphatic hydroxyl groups is 14. The van der Waals surface area contributed by atoms with Crippen LogP contribution in [0, 0.1) is 28.1 Å². The van der Waals surface area contributed by atoms with E-state index in [-0.39, 0.29) is 11.8 Å². The highest BCUT2D eigenvalue weighted by Crippen LogP contribution is 2.72. The van der Waals surface area contributed by atoms with Crippen molar-refractivity contribution in [1.29, 1.82) is 0 Å². The molecule has 23 heteroatoms. The average molecular weight is 967 g/mol. The first-order chi connectivity index (χ1) is 31.6. The molecular formula is C44H70O23. The molecule has 0 aromatic carbocycles. The van der Waals surface area contributed by atoms with E-state index in [4.69, 9.17) is 37.9 Å². The van der Waals surface area contributed by atoms with Crippen LogP contribution in [-0.2, 0) is 42.7 Å². The van der Waals surface area contributed by atoms with Crippen LogP contribution in [-0.4, -0.2) is 232 Å². The lowest BCUT2D eigenvalue weighted by Gasteiger charge is -2.64. The maximum absolute atomic E-state index is 14.3. The first kappa shape index (κ1) is 51.7. The maximum atomic E-state index is 14.3. The predicted molar refractivity (Wildman–Crippen MR) is 219 cm³/mol. The van der Waals surface area contributed by atoms with E-state index in [2.05, 4.69) is 13.0 Å². The summed E-state index contributed by atoms with van der Waals surface area (Å²) in [6.45, 7) is 2.84. The smallest absolute Gasteiger partial charge is 0.314 e. The fourth-order valence-corrected chi connectivity index (χ4v) is 13.3. The fraction of sp³-hybridized carbons (Fsp3) is 0.932. The van der Waals surface area contributed by atoms with Crippen molar-refractivity contribution in [3.63, 3.8) is 0 Å². The summed E-state index contributed by atoms with van der Waals surface area (Å²) in [7, 11) is 0. The van der Waals surface area contributed by atoms with E-state index in [0.717, 1.165) is 12.0 Å². The fourth-order valence-electron chi connectivity index (χ4n) is 13.3. The number of allylic oxidation sites excluding steroid dienone is 1. The van der Waals surface area contributed by atoms with E-state index in [0.29, 0.717) is 44.9 Å². The van der Waals surface area contributed by atoms with Gasteiger partial charge in [-0.3, -0.25) is 4.79 Å². The molecule has 0 amide bonds. The van der Waals surface area contributed by atoms with Gasteiger partial charge in [-0.15, -0.1) is 0 Å². The zero-order valence-electron chi connectivity index (χ0n) is 37.7. The molecule has 8 aliphatic rings. The van der Waals surface area contributed by atoms with Crippen LogP contribution in [0.5, 0.6) is 0 Å². The summed E-state index contributed by atoms with van der Waals surface area (Å²) >= 11 is 0. The summed E-state index contributed by atoms with van der Waals surface area (Å²) in [5.74, 6) is -0.818. The predicted octanol–water partition coefficient (Wildman–Crippen LogP) is -5.11. The molecule has 384 valence electrons. The van der Waals surface area contributed by atoms with Gasteiger partial charge in [-0.1, -0.05) is 19.4 Å². The van der Waals surface area contributed by atoms with Crippen molar-refractivity contribution < 1.29 is 114 Å². The summed E-state index contributed by atoms with van der Waals surface area (Å²) in [6, 6.07) is 0. The Hall–Kier alpha value is -1.63. The van der Waals surface area contributed by atoms with Gasteiger partial charge in [0.1, 0.15) is 97.7 Å². The first-order valence-corrected chi connectivity index (χ1v) is 23.4. The van der Waals surface area contributed by atoms with Crippen LogP contribution in [0.25, 0.3) is 0 Å². The Morgan fingerprint density at radius 2 is 1.03 bits per heavy atom. The number of fused-ring (bicyclic) bond motifs is 3. The largest absolute Gasteiger partial charge is 0.432 e. The molecule has 23 nitrogen and oxygen atoms in total. The van der Waals surface area contributed by atoms with Gasteiger partial charge in [-0.05, 0) is 87.0 Å². The van der Waals surface area contributed by atoms with Crippen LogP contribution >= 0.6 is 0 Å². The van der Waals surface area contributed by atoms with Gasteiger partial charge < -0.3 is 109 Å². The number of carbonyl (C=O) groups excluding carboxylic acids is 1. The molecule has 67 heavy (non-hydrogen) atoms. The minimum absolute atomic E-state index is 0.00956. The number of aliphatic hydroxyl groups excluding tert-OH is 14. The summed E-state index contributed by atoms with van der Waals surface area (Å²) < 4.78 is 48.3. The molecule has 3 saturated carbocycles. The molecule has 1 unspecified atom stereocenters. The molecule has 4 aliphatic carbocycles.